The van der Waals surface area contributed by atoms with Gasteiger partial charge >= 0.3 is 0 Å². The molecule has 0 atom stereocenters. The van der Waals surface area contributed by atoms with Gasteiger partial charge in [0.05, 0.1) is 37.5 Å². The summed E-state index contributed by atoms with van der Waals surface area (Å²) in [4.78, 5) is 12.7. The quantitative estimate of drug-likeness (QED) is 0.569. The molecule has 9 heteroatoms. The Balaban J connectivity index is 1.50. The highest BCUT2D eigenvalue weighted by Gasteiger charge is 2.27. The maximum absolute atomic E-state index is 13.0. The summed E-state index contributed by atoms with van der Waals surface area (Å²) >= 11 is 0. The highest BCUT2D eigenvalue weighted by atomic mass is 32.2. The second-order valence-corrected chi connectivity index (χ2v) is 9.24. The number of amides is 1. The highest BCUT2D eigenvalue weighted by Crippen LogP contribution is 2.29. The van der Waals surface area contributed by atoms with E-state index < -0.39 is 10.0 Å². The number of fused-ring (bicyclic) bond motifs is 1. The molecule has 0 spiro atoms. The van der Waals surface area contributed by atoms with Crippen LogP contribution in [-0.2, 0) is 19.6 Å². The summed E-state index contributed by atoms with van der Waals surface area (Å²) in [5, 5.41) is 7.99. The molecule has 0 radical (unpaired) electrons. The van der Waals surface area contributed by atoms with Gasteiger partial charge in [-0.25, -0.2) is 8.42 Å². The summed E-state index contributed by atoms with van der Waals surface area (Å²) in [7, 11) is -2.23. The van der Waals surface area contributed by atoms with Crippen molar-refractivity contribution in [2.75, 3.05) is 50.6 Å². The molecule has 1 aliphatic heterocycles. The summed E-state index contributed by atoms with van der Waals surface area (Å²) in [6, 6.07) is 18.2. The number of hydrogen-bond donors (Lipinski definition) is 2. The number of rotatable bonds is 7. The molecule has 1 heterocycles. The zero-order valence-corrected chi connectivity index (χ0v) is 18.5. The van der Waals surface area contributed by atoms with Gasteiger partial charge in [0.1, 0.15) is 5.75 Å². The van der Waals surface area contributed by atoms with Crippen LogP contribution in [0.4, 0.5) is 11.4 Å². The van der Waals surface area contributed by atoms with Crippen molar-refractivity contribution in [1.82, 2.24) is 4.31 Å². The number of methoxy groups -OCH3 is 1. The third kappa shape index (κ3) is 4.69. The smallest absolute Gasteiger partial charge is 0.243 e. The molecule has 0 bridgehead atoms. The minimum Gasteiger partial charge on any atom is -0.495 e. The van der Waals surface area contributed by atoms with Gasteiger partial charge in [0.2, 0.25) is 15.9 Å². The molecule has 0 aromatic heterocycles. The third-order valence-electron chi connectivity index (χ3n) is 5.28. The summed E-state index contributed by atoms with van der Waals surface area (Å²) in [6.07, 6.45) is 0. The van der Waals surface area contributed by atoms with Crippen molar-refractivity contribution < 1.29 is 22.7 Å². The van der Waals surface area contributed by atoms with E-state index in [1.165, 1.54) is 23.5 Å². The summed E-state index contributed by atoms with van der Waals surface area (Å²) in [5.41, 5.74) is 1.14. The first-order chi connectivity index (χ1) is 15.5. The van der Waals surface area contributed by atoms with Crippen LogP contribution < -0.4 is 15.4 Å². The second kappa shape index (κ2) is 9.56. The lowest BCUT2D eigenvalue weighted by atomic mass is 10.1. The van der Waals surface area contributed by atoms with E-state index in [-0.39, 0.29) is 17.3 Å². The molecule has 1 fully saturated rings. The average molecular weight is 456 g/mol. The number of ether oxygens (including phenoxy) is 2. The fourth-order valence-corrected chi connectivity index (χ4v) is 5.07. The molecule has 0 saturated carbocycles. The Hall–Kier alpha value is -3.14. The van der Waals surface area contributed by atoms with Gasteiger partial charge in [-0.1, -0.05) is 36.4 Å². The number of morpholine rings is 1. The van der Waals surface area contributed by atoms with Gasteiger partial charge < -0.3 is 20.1 Å². The van der Waals surface area contributed by atoms with Crippen LogP contribution in [0.3, 0.4) is 0 Å². The predicted molar refractivity (Wildman–Crippen MR) is 124 cm³/mol. The first kappa shape index (κ1) is 22.1. The van der Waals surface area contributed by atoms with Crippen molar-refractivity contribution in [2.24, 2.45) is 0 Å². The number of sulfonamides is 1. The van der Waals surface area contributed by atoms with Crippen LogP contribution >= 0.6 is 0 Å². The zero-order valence-electron chi connectivity index (χ0n) is 17.7. The second-order valence-electron chi connectivity index (χ2n) is 7.31. The molecule has 0 aliphatic carbocycles. The minimum absolute atomic E-state index is 0.0115. The van der Waals surface area contributed by atoms with Crippen molar-refractivity contribution in [2.45, 2.75) is 4.90 Å². The van der Waals surface area contributed by atoms with Crippen LogP contribution in [0.1, 0.15) is 0 Å². The number of benzene rings is 3. The first-order valence-corrected chi connectivity index (χ1v) is 11.7. The SMILES string of the molecule is COc1ccc(S(=O)(=O)N2CCOCC2)cc1NC(=O)CNc1cccc2ccccc12. The van der Waals surface area contributed by atoms with Gasteiger partial charge in [0.25, 0.3) is 0 Å². The summed E-state index contributed by atoms with van der Waals surface area (Å²) in [5.74, 6) is 0.0570. The summed E-state index contributed by atoms with van der Waals surface area (Å²) < 4.78 is 37.9. The van der Waals surface area contributed by atoms with Crippen LogP contribution in [0, 0.1) is 0 Å². The van der Waals surface area contributed by atoms with Crippen molar-refractivity contribution in [3.8, 4) is 5.75 Å². The van der Waals surface area contributed by atoms with Crippen LogP contribution in [0.5, 0.6) is 5.75 Å². The Morgan fingerprint density at radius 2 is 1.78 bits per heavy atom. The van der Waals surface area contributed by atoms with E-state index in [2.05, 4.69) is 10.6 Å². The molecule has 168 valence electrons. The predicted octanol–water partition coefficient (Wildman–Crippen LogP) is 2.92. The van der Waals surface area contributed by atoms with E-state index in [1.54, 1.807) is 6.07 Å². The molecule has 32 heavy (non-hydrogen) atoms. The van der Waals surface area contributed by atoms with Crippen molar-refractivity contribution in [3.05, 3.63) is 60.7 Å². The molecular formula is C23H25N3O5S. The number of hydrogen-bond acceptors (Lipinski definition) is 6. The van der Waals surface area contributed by atoms with Crippen LogP contribution in [0.25, 0.3) is 10.8 Å². The molecule has 1 amide bonds. The lowest BCUT2D eigenvalue weighted by Gasteiger charge is -2.26. The number of anilines is 2. The monoisotopic (exact) mass is 455 g/mol. The van der Waals surface area contributed by atoms with Gasteiger partial charge in [-0.05, 0) is 29.7 Å². The molecule has 3 aromatic rings. The molecular weight excluding hydrogens is 430 g/mol. The number of carbonyl (C=O) groups is 1. The Labute approximate surface area is 187 Å². The van der Waals surface area contributed by atoms with Crippen molar-refractivity contribution in [3.63, 3.8) is 0 Å². The summed E-state index contributed by atoms with van der Waals surface area (Å²) in [6.45, 7) is 1.32. The molecule has 1 aliphatic rings. The molecule has 0 unspecified atom stereocenters. The van der Waals surface area contributed by atoms with E-state index in [4.69, 9.17) is 9.47 Å². The first-order valence-electron chi connectivity index (χ1n) is 10.3. The Kier molecular flexibility index (Phi) is 6.59. The van der Waals surface area contributed by atoms with Crippen LogP contribution in [-0.4, -0.2) is 58.6 Å². The van der Waals surface area contributed by atoms with Crippen LogP contribution in [0.2, 0.25) is 0 Å². The largest absolute Gasteiger partial charge is 0.495 e. The van der Waals surface area contributed by atoms with Crippen molar-refractivity contribution >= 4 is 38.1 Å². The van der Waals surface area contributed by atoms with Crippen molar-refractivity contribution in [1.29, 1.82) is 0 Å². The van der Waals surface area contributed by atoms with Crippen LogP contribution in [0.15, 0.2) is 65.6 Å². The van der Waals surface area contributed by atoms with Gasteiger partial charge in [0.15, 0.2) is 0 Å². The lowest BCUT2D eigenvalue weighted by molar-refractivity contribution is -0.114. The Morgan fingerprint density at radius 3 is 2.56 bits per heavy atom. The fourth-order valence-electron chi connectivity index (χ4n) is 3.63. The van der Waals surface area contributed by atoms with E-state index in [0.717, 1.165) is 16.5 Å². The topological polar surface area (TPSA) is 97.0 Å². The minimum atomic E-state index is -3.69. The molecule has 4 rings (SSSR count). The highest BCUT2D eigenvalue weighted by molar-refractivity contribution is 7.89. The fraction of sp³-hybridized carbons (Fsp3) is 0.261. The van der Waals surface area contributed by atoms with E-state index in [9.17, 15) is 13.2 Å². The maximum atomic E-state index is 13.0. The Bertz CT molecular complexity index is 1220. The maximum Gasteiger partial charge on any atom is 0.243 e. The van der Waals surface area contributed by atoms with E-state index >= 15 is 0 Å². The number of nitrogens with one attached hydrogen (secondary N) is 2. The third-order valence-corrected chi connectivity index (χ3v) is 7.18. The van der Waals surface area contributed by atoms with Gasteiger partial charge in [-0.15, -0.1) is 0 Å². The van der Waals surface area contributed by atoms with Gasteiger partial charge in [-0.2, -0.15) is 4.31 Å². The normalized spacial score (nSPS) is 14.8. The van der Waals surface area contributed by atoms with E-state index in [1.807, 2.05) is 42.5 Å². The average Bonchev–Trinajstić information content (AvgIpc) is 2.83. The number of nitrogens with zero attached hydrogens (tertiary/aromatic N) is 1. The van der Waals surface area contributed by atoms with Gasteiger partial charge in [-0.3, -0.25) is 4.79 Å². The molecule has 3 aromatic carbocycles. The van der Waals surface area contributed by atoms with Gasteiger partial charge in [0, 0.05) is 24.2 Å². The number of carbonyl (C=O) groups excluding carboxylic acids is 1. The van der Waals surface area contributed by atoms with E-state index in [0.29, 0.717) is 37.7 Å². The molecule has 2 N–H and O–H groups in total. The zero-order chi connectivity index (χ0) is 22.6. The Morgan fingerprint density at radius 1 is 1.03 bits per heavy atom. The standard InChI is InChI=1S/C23H25N3O5S/c1-30-22-10-9-18(32(28,29)26-11-13-31-14-12-26)15-21(22)25-23(27)16-24-20-8-4-6-17-5-2-3-7-19(17)20/h2-10,15,24H,11-14,16H2,1H3,(H,25,27). The molecule has 1 saturated heterocycles. The molecule has 8 nitrogen and oxygen atoms in total. The lowest BCUT2D eigenvalue weighted by Crippen LogP contribution is -2.40.